The molecule has 0 radical (unpaired) electrons. The second-order valence-electron chi connectivity index (χ2n) is 6.90. The number of halogens is 3. The van der Waals surface area contributed by atoms with Gasteiger partial charge in [-0.15, -0.1) is 0 Å². The Morgan fingerprint density at radius 2 is 1.69 bits per heavy atom. The summed E-state index contributed by atoms with van der Waals surface area (Å²) >= 11 is 0. The van der Waals surface area contributed by atoms with Crippen LogP contribution in [0.5, 0.6) is 0 Å². The van der Waals surface area contributed by atoms with Crippen LogP contribution in [0.15, 0.2) is 24.3 Å². The van der Waals surface area contributed by atoms with Gasteiger partial charge in [0, 0.05) is 6.04 Å². The van der Waals surface area contributed by atoms with Crippen molar-refractivity contribution in [3.63, 3.8) is 0 Å². The molecule has 26 heavy (non-hydrogen) atoms. The molecular formula is C17H25F3N2O3S. The SMILES string of the molecule is CC(C)C(NC(=O)CN(c1cccc(C(F)(F)F)c1)S(C)(=O)=O)C(C)C. The van der Waals surface area contributed by atoms with E-state index in [1.807, 2.05) is 27.7 Å². The first kappa shape index (κ1) is 22.3. The molecule has 0 aromatic heterocycles. The first-order valence-corrected chi connectivity index (χ1v) is 10.0. The van der Waals surface area contributed by atoms with E-state index in [-0.39, 0.29) is 23.6 Å². The molecule has 0 fully saturated rings. The van der Waals surface area contributed by atoms with Gasteiger partial charge in [-0.3, -0.25) is 9.10 Å². The first-order valence-electron chi connectivity index (χ1n) is 8.17. The molecule has 0 spiro atoms. The average Bonchev–Trinajstić information content (AvgIpc) is 2.47. The van der Waals surface area contributed by atoms with Gasteiger partial charge in [0.15, 0.2) is 0 Å². The maximum absolute atomic E-state index is 12.9. The third-order valence-electron chi connectivity index (χ3n) is 3.91. The summed E-state index contributed by atoms with van der Waals surface area (Å²) in [5.74, 6) is -0.321. The van der Waals surface area contributed by atoms with Gasteiger partial charge in [-0.2, -0.15) is 13.2 Å². The molecule has 1 rings (SSSR count). The molecule has 0 aliphatic rings. The molecule has 0 saturated heterocycles. The van der Waals surface area contributed by atoms with Crippen LogP contribution in [-0.4, -0.2) is 33.2 Å². The second kappa shape index (κ2) is 8.28. The summed E-state index contributed by atoms with van der Waals surface area (Å²) in [7, 11) is -3.95. The normalized spacial score (nSPS) is 12.7. The lowest BCUT2D eigenvalue weighted by atomic mass is 9.93. The number of nitrogens with zero attached hydrogens (tertiary/aromatic N) is 1. The highest BCUT2D eigenvalue weighted by molar-refractivity contribution is 7.92. The zero-order chi connectivity index (χ0) is 20.3. The van der Waals surface area contributed by atoms with Gasteiger partial charge in [0.05, 0.1) is 17.5 Å². The molecule has 1 aromatic carbocycles. The Morgan fingerprint density at radius 3 is 2.12 bits per heavy atom. The third-order valence-corrected chi connectivity index (χ3v) is 5.05. The molecule has 1 aromatic rings. The highest BCUT2D eigenvalue weighted by Gasteiger charge is 2.32. The van der Waals surface area contributed by atoms with Crippen molar-refractivity contribution < 1.29 is 26.4 Å². The van der Waals surface area contributed by atoms with Crippen molar-refractivity contribution in [2.45, 2.75) is 39.9 Å². The lowest BCUT2D eigenvalue weighted by Gasteiger charge is -2.28. The fourth-order valence-electron chi connectivity index (χ4n) is 2.70. The van der Waals surface area contributed by atoms with Crippen LogP contribution >= 0.6 is 0 Å². The quantitative estimate of drug-likeness (QED) is 0.772. The Kier molecular flexibility index (Phi) is 7.09. The number of hydrogen-bond acceptors (Lipinski definition) is 3. The molecule has 1 amide bonds. The van der Waals surface area contributed by atoms with Gasteiger partial charge >= 0.3 is 6.18 Å². The number of rotatable bonds is 7. The van der Waals surface area contributed by atoms with Crippen molar-refractivity contribution >= 4 is 21.6 Å². The third kappa shape index (κ3) is 6.19. The standard InChI is InChI=1S/C17H25F3N2O3S/c1-11(2)16(12(3)4)21-15(23)10-22(26(5,24)25)14-8-6-7-13(9-14)17(18,19)20/h6-9,11-12,16H,10H2,1-5H3,(H,21,23). The maximum Gasteiger partial charge on any atom is 0.416 e. The van der Waals surface area contributed by atoms with E-state index in [0.29, 0.717) is 4.31 Å². The molecular weight excluding hydrogens is 369 g/mol. The van der Waals surface area contributed by atoms with Crippen molar-refractivity contribution in [3.8, 4) is 0 Å². The Balaban J connectivity index is 3.12. The molecule has 0 unspecified atom stereocenters. The summed E-state index contributed by atoms with van der Waals surface area (Å²) in [6, 6.07) is 3.73. The fraction of sp³-hybridized carbons (Fsp3) is 0.588. The van der Waals surface area contributed by atoms with E-state index >= 15 is 0 Å². The van der Waals surface area contributed by atoms with Crippen molar-refractivity contribution in [1.82, 2.24) is 5.32 Å². The summed E-state index contributed by atoms with van der Waals surface area (Å²) in [6.45, 7) is 7.10. The summed E-state index contributed by atoms with van der Waals surface area (Å²) in [4.78, 5) is 12.3. The number of anilines is 1. The smallest absolute Gasteiger partial charge is 0.351 e. The van der Waals surface area contributed by atoms with Crippen LogP contribution in [0.1, 0.15) is 33.3 Å². The molecule has 5 nitrogen and oxygen atoms in total. The average molecular weight is 394 g/mol. The Labute approximate surface area is 152 Å². The lowest BCUT2D eigenvalue weighted by Crippen LogP contribution is -2.47. The number of nitrogens with one attached hydrogen (secondary N) is 1. The Bertz CT molecular complexity index is 723. The molecule has 148 valence electrons. The summed E-state index contributed by atoms with van der Waals surface area (Å²) in [5.41, 5.74) is -1.19. The van der Waals surface area contributed by atoms with Gasteiger partial charge in [-0.1, -0.05) is 33.8 Å². The van der Waals surface area contributed by atoms with Crippen LogP contribution in [0.2, 0.25) is 0 Å². The van der Waals surface area contributed by atoms with E-state index in [9.17, 15) is 26.4 Å². The molecule has 0 aliphatic heterocycles. The number of carbonyl (C=O) groups is 1. The number of amides is 1. The minimum atomic E-state index is -4.61. The van der Waals surface area contributed by atoms with Gasteiger partial charge in [-0.05, 0) is 30.0 Å². The zero-order valence-electron chi connectivity index (χ0n) is 15.5. The van der Waals surface area contributed by atoms with Gasteiger partial charge in [0.1, 0.15) is 6.54 Å². The van der Waals surface area contributed by atoms with E-state index in [2.05, 4.69) is 5.32 Å². The molecule has 0 atom stereocenters. The highest BCUT2D eigenvalue weighted by Crippen LogP contribution is 2.32. The number of carbonyl (C=O) groups excluding carboxylic acids is 1. The Morgan fingerprint density at radius 1 is 1.15 bits per heavy atom. The highest BCUT2D eigenvalue weighted by atomic mass is 32.2. The molecule has 1 N–H and O–H groups in total. The van der Waals surface area contributed by atoms with E-state index in [0.717, 1.165) is 24.5 Å². The molecule has 0 bridgehead atoms. The number of sulfonamides is 1. The number of benzene rings is 1. The van der Waals surface area contributed by atoms with Crippen molar-refractivity contribution in [2.75, 3.05) is 17.1 Å². The van der Waals surface area contributed by atoms with Gasteiger partial charge in [0.2, 0.25) is 15.9 Å². The summed E-state index contributed by atoms with van der Waals surface area (Å²) in [5, 5.41) is 2.77. The predicted molar refractivity (Wildman–Crippen MR) is 95.2 cm³/mol. The fourth-order valence-corrected chi connectivity index (χ4v) is 3.55. The maximum atomic E-state index is 12.9. The van der Waals surface area contributed by atoms with Gasteiger partial charge in [0.25, 0.3) is 0 Å². The minimum Gasteiger partial charge on any atom is -0.351 e. The number of hydrogen-bond donors (Lipinski definition) is 1. The van der Waals surface area contributed by atoms with E-state index < -0.39 is 34.2 Å². The number of alkyl halides is 3. The van der Waals surface area contributed by atoms with E-state index in [4.69, 9.17) is 0 Å². The van der Waals surface area contributed by atoms with E-state index in [1.165, 1.54) is 6.07 Å². The minimum absolute atomic E-state index is 0.124. The van der Waals surface area contributed by atoms with Gasteiger partial charge in [-0.25, -0.2) is 8.42 Å². The Hall–Kier alpha value is -1.77. The predicted octanol–water partition coefficient (Wildman–Crippen LogP) is 3.27. The van der Waals surface area contributed by atoms with Crippen molar-refractivity contribution in [1.29, 1.82) is 0 Å². The molecule has 0 heterocycles. The van der Waals surface area contributed by atoms with Crippen LogP contribution in [-0.2, 0) is 21.0 Å². The molecule has 0 aliphatic carbocycles. The van der Waals surface area contributed by atoms with E-state index in [1.54, 1.807) is 0 Å². The van der Waals surface area contributed by atoms with Crippen LogP contribution in [0, 0.1) is 11.8 Å². The lowest BCUT2D eigenvalue weighted by molar-refractivity contribution is -0.137. The van der Waals surface area contributed by atoms with Crippen molar-refractivity contribution in [2.24, 2.45) is 11.8 Å². The summed E-state index contributed by atoms with van der Waals surface area (Å²) in [6.07, 6.45) is -3.76. The van der Waals surface area contributed by atoms with Crippen molar-refractivity contribution in [3.05, 3.63) is 29.8 Å². The molecule has 9 heteroatoms. The van der Waals surface area contributed by atoms with Gasteiger partial charge < -0.3 is 5.32 Å². The first-order chi connectivity index (χ1) is 11.7. The monoisotopic (exact) mass is 394 g/mol. The van der Waals surface area contributed by atoms with Crippen LogP contribution in [0.4, 0.5) is 18.9 Å². The van der Waals surface area contributed by atoms with Crippen LogP contribution in [0.3, 0.4) is 0 Å². The van der Waals surface area contributed by atoms with Crippen LogP contribution < -0.4 is 9.62 Å². The van der Waals surface area contributed by atoms with Crippen LogP contribution in [0.25, 0.3) is 0 Å². The zero-order valence-corrected chi connectivity index (χ0v) is 16.3. The summed E-state index contributed by atoms with van der Waals surface area (Å²) < 4.78 is 63.4. The topological polar surface area (TPSA) is 66.5 Å². The molecule has 0 saturated carbocycles. The largest absolute Gasteiger partial charge is 0.416 e. The second-order valence-corrected chi connectivity index (χ2v) is 8.81.